The number of anilines is 1. The molecule has 0 saturated heterocycles. The van der Waals surface area contributed by atoms with Crippen LogP contribution in [0, 0.1) is 12.8 Å². The van der Waals surface area contributed by atoms with Crippen molar-refractivity contribution in [3.8, 4) is 11.5 Å². The van der Waals surface area contributed by atoms with E-state index in [1.165, 1.54) is 12.8 Å². The minimum Gasteiger partial charge on any atom is -0.485 e. The summed E-state index contributed by atoms with van der Waals surface area (Å²) in [4.78, 5) is 38.8. The molecule has 168 valence electrons. The van der Waals surface area contributed by atoms with E-state index in [1.807, 2.05) is 31.2 Å². The zero-order valence-electron chi connectivity index (χ0n) is 18.3. The third-order valence-corrected chi connectivity index (χ3v) is 5.75. The number of hydrogen-bond acceptors (Lipinski definition) is 5. The van der Waals surface area contributed by atoms with E-state index in [4.69, 9.17) is 9.47 Å². The average Bonchev–Trinajstić information content (AvgIpc) is 3.62. The number of nitrogens with one attached hydrogen (secondary N) is 1. The molecule has 2 aromatic carbocycles. The number of rotatable bonds is 10. The fraction of sp³-hybridized carbons (Fsp3) is 0.400. The molecule has 1 heterocycles. The van der Waals surface area contributed by atoms with Gasteiger partial charge in [0.25, 0.3) is 5.91 Å². The molecular weight excluding hydrogens is 408 g/mol. The smallest absolute Gasteiger partial charge is 0.265 e. The Morgan fingerprint density at radius 1 is 1.19 bits per heavy atom. The minimum atomic E-state index is -0.187. The van der Waals surface area contributed by atoms with Crippen molar-refractivity contribution >= 4 is 23.3 Å². The van der Waals surface area contributed by atoms with Crippen LogP contribution in [0.15, 0.2) is 42.5 Å². The Labute approximate surface area is 187 Å². The van der Waals surface area contributed by atoms with Crippen LogP contribution >= 0.6 is 0 Å². The van der Waals surface area contributed by atoms with Crippen LogP contribution in [0.5, 0.6) is 11.5 Å². The van der Waals surface area contributed by atoms with Crippen LogP contribution in [0.1, 0.15) is 41.6 Å². The number of benzene rings is 2. The van der Waals surface area contributed by atoms with Crippen molar-refractivity contribution in [3.63, 3.8) is 0 Å². The molecule has 0 radical (unpaired) electrons. The van der Waals surface area contributed by atoms with Gasteiger partial charge in [-0.3, -0.25) is 14.4 Å². The van der Waals surface area contributed by atoms with Crippen molar-refractivity contribution in [2.75, 3.05) is 31.2 Å². The summed E-state index contributed by atoms with van der Waals surface area (Å²) in [7, 11) is 0. The standard InChI is InChI=1S/C25H28N2O5/c1-17-5-2-3-6-22(17)31-15-21(28)19-10-11-23-20(13-19)27(25(30)16-32-23)12-4-7-24(29)26-14-18-8-9-18/h2-3,5-6,10-11,13,18H,4,7-9,12,14-16H2,1H3,(H,26,29). The summed E-state index contributed by atoms with van der Waals surface area (Å²) >= 11 is 0. The highest BCUT2D eigenvalue weighted by Gasteiger charge is 2.27. The van der Waals surface area contributed by atoms with Gasteiger partial charge in [0.1, 0.15) is 11.5 Å². The van der Waals surface area contributed by atoms with Gasteiger partial charge in [-0.2, -0.15) is 0 Å². The summed E-state index contributed by atoms with van der Waals surface area (Å²) in [6, 6.07) is 12.6. The highest BCUT2D eigenvalue weighted by atomic mass is 16.5. The fourth-order valence-electron chi connectivity index (χ4n) is 3.63. The van der Waals surface area contributed by atoms with Gasteiger partial charge in [0.2, 0.25) is 5.91 Å². The van der Waals surface area contributed by atoms with Gasteiger partial charge in [0.05, 0.1) is 5.69 Å². The second-order valence-corrected chi connectivity index (χ2v) is 8.34. The van der Waals surface area contributed by atoms with Crippen molar-refractivity contribution in [1.82, 2.24) is 5.32 Å². The largest absolute Gasteiger partial charge is 0.485 e. The van der Waals surface area contributed by atoms with Gasteiger partial charge < -0.3 is 19.7 Å². The van der Waals surface area contributed by atoms with Crippen LogP contribution in [0.25, 0.3) is 0 Å². The molecule has 0 bridgehead atoms. The van der Waals surface area contributed by atoms with Crippen LogP contribution in [0.3, 0.4) is 0 Å². The number of ether oxygens (including phenoxy) is 2. The number of aryl methyl sites for hydroxylation is 1. The first kappa shape index (κ1) is 21.9. The zero-order chi connectivity index (χ0) is 22.5. The highest BCUT2D eigenvalue weighted by molar-refractivity contribution is 6.02. The highest BCUT2D eigenvalue weighted by Crippen LogP contribution is 2.33. The first-order valence-electron chi connectivity index (χ1n) is 11.1. The maximum absolute atomic E-state index is 12.7. The second-order valence-electron chi connectivity index (χ2n) is 8.34. The van der Waals surface area contributed by atoms with Gasteiger partial charge in [-0.15, -0.1) is 0 Å². The number of para-hydroxylation sites is 1. The predicted octanol–water partition coefficient (Wildman–Crippen LogP) is 3.29. The summed E-state index contributed by atoms with van der Waals surface area (Å²) in [6.07, 6.45) is 3.28. The summed E-state index contributed by atoms with van der Waals surface area (Å²) < 4.78 is 11.2. The molecule has 4 rings (SSSR count). The summed E-state index contributed by atoms with van der Waals surface area (Å²) in [5.41, 5.74) is 1.96. The number of carbonyl (C=O) groups excluding carboxylic acids is 3. The van der Waals surface area contributed by atoms with Crippen molar-refractivity contribution in [1.29, 1.82) is 0 Å². The van der Waals surface area contributed by atoms with Crippen LogP contribution in [0.4, 0.5) is 5.69 Å². The molecule has 1 fully saturated rings. The number of nitrogens with zero attached hydrogens (tertiary/aromatic N) is 1. The summed E-state index contributed by atoms with van der Waals surface area (Å²) in [5, 5.41) is 2.94. The molecule has 1 aliphatic heterocycles. The molecule has 7 heteroatoms. The van der Waals surface area contributed by atoms with E-state index in [0.29, 0.717) is 48.1 Å². The lowest BCUT2D eigenvalue weighted by atomic mass is 10.1. The molecule has 32 heavy (non-hydrogen) atoms. The molecule has 1 aliphatic carbocycles. The monoisotopic (exact) mass is 436 g/mol. The number of hydrogen-bond donors (Lipinski definition) is 1. The fourth-order valence-corrected chi connectivity index (χ4v) is 3.63. The number of ketones is 1. The first-order valence-corrected chi connectivity index (χ1v) is 11.1. The summed E-state index contributed by atoms with van der Waals surface area (Å²) in [5.74, 6) is 1.50. The third kappa shape index (κ3) is 5.46. The quantitative estimate of drug-likeness (QED) is 0.578. The number of amides is 2. The topological polar surface area (TPSA) is 84.9 Å². The predicted molar refractivity (Wildman–Crippen MR) is 120 cm³/mol. The van der Waals surface area contributed by atoms with Crippen molar-refractivity contribution in [3.05, 3.63) is 53.6 Å². The molecule has 2 aromatic rings. The molecular formula is C25H28N2O5. The van der Waals surface area contributed by atoms with Crippen LogP contribution in [-0.4, -0.2) is 43.9 Å². The van der Waals surface area contributed by atoms with E-state index < -0.39 is 0 Å². The lowest BCUT2D eigenvalue weighted by molar-refractivity contribution is -0.122. The van der Waals surface area contributed by atoms with Gasteiger partial charge in [-0.25, -0.2) is 0 Å². The van der Waals surface area contributed by atoms with Crippen molar-refractivity contribution < 1.29 is 23.9 Å². The van der Waals surface area contributed by atoms with Crippen LogP contribution < -0.4 is 19.7 Å². The van der Waals surface area contributed by atoms with Gasteiger partial charge in [-0.1, -0.05) is 18.2 Å². The lowest BCUT2D eigenvalue weighted by Gasteiger charge is -2.29. The molecule has 0 unspecified atom stereocenters. The van der Waals surface area contributed by atoms with E-state index in [1.54, 1.807) is 23.1 Å². The number of fused-ring (bicyclic) bond motifs is 1. The van der Waals surface area contributed by atoms with E-state index in [9.17, 15) is 14.4 Å². The summed E-state index contributed by atoms with van der Waals surface area (Å²) in [6.45, 7) is 2.91. The van der Waals surface area contributed by atoms with E-state index in [2.05, 4.69) is 5.32 Å². The molecule has 0 atom stereocenters. The number of carbonyl (C=O) groups is 3. The van der Waals surface area contributed by atoms with Gasteiger partial charge in [-0.05, 0) is 61.9 Å². The molecule has 0 aromatic heterocycles. The third-order valence-electron chi connectivity index (χ3n) is 5.75. The second kappa shape index (κ2) is 9.85. The molecule has 0 spiro atoms. The van der Waals surface area contributed by atoms with Gasteiger partial charge in [0.15, 0.2) is 19.0 Å². The molecule has 7 nitrogen and oxygen atoms in total. The molecule has 2 amide bonds. The normalized spacial score (nSPS) is 15.0. The molecule has 1 N–H and O–H groups in total. The Hall–Kier alpha value is -3.35. The van der Waals surface area contributed by atoms with Crippen molar-refractivity contribution in [2.45, 2.75) is 32.6 Å². The Bertz CT molecular complexity index is 1020. The minimum absolute atomic E-state index is 0.00937. The molecule has 1 saturated carbocycles. The van der Waals surface area contributed by atoms with Gasteiger partial charge >= 0.3 is 0 Å². The lowest BCUT2D eigenvalue weighted by Crippen LogP contribution is -2.40. The Balaban J connectivity index is 1.37. The SMILES string of the molecule is Cc1ccccc1OCC(=O)c1ccc2c(c1)N(CCCC(=O)NCC1CC1)C(=O)CO2. The number of Topliss-reactive ketones (excluding diaryl/α,β-unsaturated/α-hetero) is 1. The van der Waals surface area contributed by atoms with E-state index in [-0.39, 0.29) is 30.8 Å². The van der Waals surface area contributed by atoms with Crippen molar-refractivity contribution in [2.24, 2.45) is 5.92 Å². The van der Waals surface area contributed by atoms with E-state index in [0.717, 1.165) is 12.1 Å². The van der Waals surface area contributed by atoms with Crippen LogP contribution in [0.2, 0.25) is 0 Å². The first-order chi connectivity index (χ1) is 15.5. The Kier molecular flexibility index (Phi) is 6.73. The van der Waals surface area contributed by atoms with E-state index >= 15 is 0 Å². The Morgan fingerprint density at radius 3 is 2.78 bits per heavy atom. The maximum Gasteiger partial charge on any atom is 0.265 e. The maximum atomic E-state index is 12.7. The molecule has 2 aliphatic rings. The van der Waals surface area contributed by atoms with Gasteiger partial charge in [0, 0.05) is 25.1 Å². The van der Waals surface area contributed by atoms with Crippen LogP contribution in [-0.2, 0) is 9.59 Å². The Morgan fingerprint density at radius 2 is 2.00 bits per heavy atom. The zero-order valence-corrected chi connectivity index (χ0v) is 18.3. The average molecular weight is 437 g/mol.